The number of anilines is 1. The zero-order chi connectivity index (χ0) is 22.3. The number of piperazine rings is 1. The van der Waals surface area contributed by atoms with Gasteiger partial charge in [0.2, 0.25) is 5.91 Å². The monoisotopic (exact) mass is 554 g/mol. The molecule has 2 aromatic heterocycles. The number of amides is 1. The smallest absolute Gasteiger partial charge is 0.252 e. The van der Waals surface area contributed by atoms with Crippen molar-refractivity contribution in [3.05, 3.63) is 40.2 Å². The van der Waals surface area contributed by atoms with Gasteiger partial charge in [-0.25, -0.2) is 13.4 Å². The summed E-state index contributed by atoms with van der Waals surface area (Å²) >= 11 is 6.42. The van der Waals surface area contributed by atoms with Crippen LogP contribution in [0, 0.1) is 5.92 Å². The van der Waals surface area contributed by atoms with E-state index in [4.69, 9.17) is 4.98 Å². The Labute approximate surface area is 203 Å². The summed E-state index contributed by atoms with van der Waals surface area (Å²) in [5.74, 6) is 0.0576. The molecule has 1 amide bonds. The number of halogens is 1. The van der Waals surface area contributed by atoms with Crippen LogP contribution in [0.25, 0.3) is 10.2 Å². The first-order valence-corrected chi connectivity index (χ1v) is 14.5. The molecule has 0 bridgehead atoms. The van der Waals surface area contributed by atoms with Crippen molar-refractivity contribution in [3.8, 4) is 0 Å². The van der Waals surface area contributed by atoms with E-state index in [0.717, 1.165) is 32.9 Å². The molecule has 2 fully saturated rings. The Morgan fingerprint density at radius 1 is 1.06 bits per heavy atom. The molecule has 0 N–H and O–H groups in total. The second-order valence-electron chi connectivity index (χ2n) is 8.03. The number of fused-ring (bicyclic) bond motifs is 1. The van der Waals surface area contributed by atoms with E-state index in [2.05, 4.69) is 26.9 Å². The van der Waals surface area contributed by atoms with Crippen LogP contribution in [0.2, 0.25) is 0 Å². The van der Waals surface area contributed by atoms with Gasteiger partial charge in [0.25, 0.3) is 10.0 Å². The molecule has 5 rings (SSSR count). The molecule has 1 aromatic carbocycles. The number of sulfonamides is 1. The minimum Gasteiger partial charge on any atom is -0.345 e. The first kappa shape index (κ1) is 22.3. The Balaban J connectivity index is 1.16. The van der Waals surface area contributed by atoms with Gasteiger partial charge < -0.3 is 9.80 Å². The minimum atomic E-state index is -3.43. The largest absolute Gasteiger partial charge is 0.345 e. The molecule has 0 atom stereocenters. The van der Waals surface area contributed by atoms with Crippen LogP contribution < -0.4 is 4.90 Å². The number of benzene rings is 1. The molecule has 0 spiro atoms. The van der Waals surface area contributed by atoms with Crippen LogP contribution in [0.1, 0.15) is 12.8 Å². The highest BCUT2D eigenvalue weighted by Crippen LogP contribution is 2.32. The Bertz CT molecular complexity index is 1210. The second-order valence-corrected chi connectivity index (χ2v) is 13.1. The first-order valence-electron chi connectivity index (χ1n) is 10.6. The molecular weight excluding hydrogens is 532 g/mol. The lowest BCUT2D eigenvalue weighted by atomic mass is 9.96. The predicted molar refractivity (Wildman–Crippen MR) is 132 cm³/mol. The quantitative estimate of drug-likeness (QED) is 0.489. The number of hydrogen-bond donors (Lipinski definition) is 0. The summed E-state index contributed by atoms with van der Waals surface area (Å²) in [5.41, 5.74) is 0.996. The number of thiazole rings is 1. The van der Waals surface area contributed by atoms with Crippen molar-refractivity contribution < 1.29 is 13.2 Å². The Hall–Kier alpha value is -1.53. The van der Waals surface area contributed by atoms with Crippen LogP contribution in [0.15, 0.2) is 44.4 Å². The van der Waals surface area contributed by atoms with Crippen molar-refractivity contribution in [2.24, 2.45) is 5.92 Å². The molecule has 4 heterocycles. The molecule has 0 radical (unpaired) electrons. The van der Waals surface area contributed by atoms with E-state index in [9.17, 15) is 13.2 Å². The van der Waals surface area contributed by atoms with Gasteiger partial charge in [0.05, 0.1) is 10.2 Å². The van der Waals surface area contributed by atoms with Gasteiger partial charge in [0.15, 0.2) is 5.13 Å². The van der Waals surface area contributed by atoms with Crippen molar-refractivity contribution in [2.45, 2.75) is 17.1 Å². The summed E-state index contributed by atoms with van der Waals surface area (Å²) < 4.78 is 29.5. The van der Waals surface area contributed by atoms with Crippen LogP contribution in [0.5, 0.6) is 0 Å². The number of nitrogens with zero attached hydrogens (tertiary/aromatic N) is 4. The highest BCUT2D eigenvalue weighted by atomic mass is 79.9. The third kappa shape index (κ3) is 4.33. The normalized spacial score (nSPS) is 19.0. The van der Waals surface area contributed by atoms with E-state index in [-0.39, 0.29) is 11.8 Å². The average Bonchev–Trinajstić information content (AvgIpc) is 3.49. The minimum absolute atomic E-state index is 0.101. The lowest BCUT2D eigenvalue weighted by molar-refractivity contribution is -0.137. The van der Waals surface area contributed by atoms with Crippen LogP contribution in [-0.4, -0.2) is 67.8 Å². The Morgan fingerprint density at radius 2 is 1.81 bits per heavy atom. The highest BCUT2D eigenvalue weighted by molar-refractivity contribution is 9.10. The lowest BCUT2D eigenvalue weighted by Crippen LogP contribution is -2.52. The van der Waals surface area contributed by atoms with E-state index in [1.807, 2.05) is 17.0 Å². The fourth-order valence-corrected chi connectivity index (χ4v) is 8.46. The van der Waals surface area contributed by atoms with Gasteiger partial charge in [-0.1, -0.05) is 33.3 Å². The molecule has 2 aliphatic heterocycles. The van der Waals surface area contributed by atoms with Crippen molar-refractivity contribution >= 4 is 69.9 Å². The predicted octanol–water partition coefficient (Wildman–Crippen LogP) is 3.87. The van der Waals surface area contributed by atoms with Crippen LogP contribution in [0.3, 0.4) is 0 Å². The molecule has 3 aromatic rings. The van der Waals surface area contributed by atoms with Gasteiger partial charge in [-0.05, 0) is 42.5 Å². The molecule has 0 unspecified atom stereocenters. The van der Waals surface area contributed by atoms with Crippen LogP contribution in [-0.2, 0) is 14.8 Å². The fraction of sp³-hybridized carbons (Fsp3) is 0.429. The summed E-state index contributed by atoms with van der Waals surface area (Å²) in [7, 11) is -3.43. The maximum absolute atomic E-state index is 13.1. The number of rotatable bonds is 4. The van der Waals surface area contributed by atoms with E-state index in [1.54, 1.807) is 28.8 Å². The number of carbonyl (C=O) groups excluding carboxylic acids is 1. The van der Waals surface area contributed by atoms with E-state index in [1.165, 1.54) is 15.6 Å². The number of carbonyl (C=O) groups is 1. The molecule has 32 heavy (non-hydrogen) atoms. The van der Waals surface area contributed by atoms with Crippen molar-refractivity contribution in [2.75, 3.05) is 44.2 Å². The highest BCUT2D eigenvalue weighted by Gasteiger charge is 2.35. The lowest BCUT2D eigenvalue weighted by Gasteiger charge is -2.38. The molecule has 0 saturated carbocycles. The third-order valence-electron chi connectivity index (χ3n) is 6.09. The van der Waals surface area contributed by atoms with E-state index in [0.29, 0.717) is 43.2 Å². The van der Waals surface area contributed by atoms with Crippen molar-refractivity contribution in [1.29, 1.82) is 0 Å². The Morgan fingerprint density at radius 3 is 2.50 bits per heavy atom. The fourth-order valence-electron chi connectivity index (χ4n) is 4.28. The van der Waals surface area contributed by atoms with Gasteiger partial charge >= 0.3 is 0 Å². The molecule has 2 saturated heterocycles. The maximum atomic E-state index is 13.1. The zero-order valence-electron chi connectivity index (χ0n) is 17.3. The van der Waals surface area contributed by atoms with Crippen molar-refractivity contribution in [1.82, 2.24) is 14.2 Å². The molecule has 7 nitrogen and oxygen atoms in total. The van der Waals surface area contributed by atoms with Crippen LogP contribution >= 0.6 is 38.6 Å². The topological polar surface area (TPSA) is 73.8 Å². The summed E-state index contributed by atoms with van der Waals surface area (Å²) in [6.45, 7) is 3.67. The second kappa shape index (κ2) is 9.02. The van der Waals surface area contributed by atoms with Gasteiger partial charge in [-0.3, -0.25) is 4.79 Å². The molecule has 11 heteroatoms. The summed E-state index contributed by atoms with van der Waals surface area (Å²) in [5, 5.41) is 2.77. The average molecular weight is 556 g/mol. The summed E-state index contributed by atoms with van der Waals surface area (Å²) in [4.78, 5) is 22.0. The zero-order valence-corrected chi connectivity index (χ0v) is 21.4. The van der Waals surface area contributed by atoms with E-state index >= 15 is 0 Å². The summed E-state index contributed by atoms with van der Waals surface area (Å²) in [6, 6.07) is 9.49. The Kier molecular flexibility index (Phi) is 6.28. The van der Waals surface area contributed by atoms with E-state index < -0.39 is 10.0 Å². The number of piperidine rings is 1. The molecule has 2 aliphatic rings. The summed E-state index contributed by atoms with van der Waals surface area (Å²) in [6.07, 6.45) is 1.16. The maximum Gasteiger partial charge on any atom is 0.252 e. The number of hydrogen-bond acceptors (Lipinski definition) is 7. The molecule has 0 aliphatic carbocycles. The van der Waals surface area contributed by atoms with Gasteiger partial charge in [-0.2, -0.15) is 4.31 Å². The molecule has 170 valence electrons. The third-order valence-corrected chi connectivity index (χ3v) is 10.9. The van der Waals surface area contributed by atoms with Crippen molar-refractivity contribution in [3.63, 3.8) is 0 Å². The standard InChI is InChI=1S/C21H23BrN4O3S3/c22-16-3-4-17-18(14-16)31-21(23-17)25-11-9-24(10-12-25)20(27)15-5-7-26(8-6-15)32(28,29)19-2-1-13-30-19/h1-4,13-15H,5-12H2. The first-order chi connectivity index (χ1) is 15.4. The molecular formula is C21H23BrN4O3S3. The van der Waals surface area contributed by atoms with Gasteiger partial charge in [0, 0.05) is 49.7 Å². The van der Waals surface area contributed by atoms with Gasteiger partial charge in [-0.15, -0.1) is 11.3 Å². The van der Waals surface area contributed by atoms with Crippen LogP contribution in [0.4, 0.5) is 5.13 Å². The SMILES string of the molecule is O=C(C1CCN(S(=O)(=O)c2cccs2)CC1)N1CCN(c2nc3ccc(Br)cc3s2)CC1. The number of aromatic nitrogens is 1. The number of thiophene rings is 1. The van der Waals surface area contributed by atoms with Gasteiger partial charge in [0.1, 0.15) is 4.21 Å².